The molecule has 0 saturated carbocycles. The van der Waals surface area contributed by atoms with Crippen molar-refractivity contribution < 1.29 is 9.53 Å². The number of anilines is 1. The molecule has 0 radical (unpaired) electrons. The molecule has 4 heteroatoms. The van der Waals surface area contributed by atoms with E-state index in [1.165, 1.54) is 0 Å². The van der Waals surface area contributed by atoms with Crippen LogP contribution in [0, 0.1) is 0 Å². The van der Waals surface area contributed by atoms with Crippen molar-refractivity contribution >= 4 is 11.6 Å². The molecular weight excluding hydrogens is 180 g/mol. The van der Waals surface area contributed by atoms with Crippen LogP contribution in [0.5, 0.6) is 5.75 Å². The first-order valence-corrected chi connectivity index (χ1v) is 4.44. The van der Waals surface area contributed by atoms with Crippen molar-refractivity contribution in [3.05, 3.63) is 23.8 Å². The van der Waals surface area contributed by atoms with Crippen molar-refractivity contribution in [3.8, 4) is 5.75 Å². The van der Waals surface area contributed by atoms with E-state index in [4.69, 9.17) is 10.5 Å². The van der Waals surface area contributed by atoms with Gasteiger partial charge in [-0.1, -0.05) is 0 Å². The van der Waals surface area contributed by atoms with Crippen LogP contribution in [-0.4, -0.2) is 19.7 Å². The molecule has 0 unspecified atom stereocenters. The normalized spacial score (nSPS) is 14.4. The third-order valence-electron chi connectivity index (χ3n) is 2.38. The summed E-state index contributed by atoms with van der Waals surface area (Å²) in [7, 11) is 1.78. The summed E-state index contributed by atoms with van der Waals surface area (Å²) in [5, 5.41) is 0. The van der Waals surface area contributed by atoms with Crippen molar-refractivity contribution in [2.75, 3.05) is 18.7 Å². The SMILES string of the molecule is CN1C(=O)Cc2cc(OCN)ccc21. The summed E-state index contributed by atoms with van der Waals surface area (Å²) in [6.45, 7) is 0.155. The number of hydrogen-bond donors (Lipinski definition) is 1. The molecule has 0 atom stereocenters. The third-order valence-corrected chi connectivity index (χ3v) is 2.38. The monoisotopic (exact) mass is 192 g/mol. The molecule has 1 aliphatic rings. The zero-order valence-electron chi connectivity index (χ0n) is 7.99. The van der Waals surface area contributed by atoms with Crippen LogP contribution in [-0.2, 0) is 11.2 Å². The summed E-state index contributed by atoms with van der Waals surface area (Å²) >= 11 is 0. The van der Waals surface area contributed by atoms with E-state index >= 15 is 0 Å². The van der Waals surface area contributed by atoms with Gasteiger partial charge in [0, 0.05) is 12.7 Å². The van der Waals surface area contributed by atoms with E-state index in [2.05, 4.69) is 0 Å². The van der Waals surface area contributed by atoms with Crippen LogP contribution >= 0.6 is 0 Å². The van der Waals surface area contributed by atoms with E-state index in [1.54, 1.807) is 11.9 Å². The molecule has 0 fully saturated rings. The van der Waals surface area contributed by atoms with E-state index in [0.29, 0.717) is 12.2 Å². The molecule has 1 heterocycles. The van der Waals surface area contributed by atoms with Crippen LogP contribution in [0.1, 0.15) is 5.56 Å². The number of hydrogen-bond acceptors (Lipinski definition) is 3. The predicted octanol–water partition coefficient (Wildman–Crippen LogP) is 0.500. The predicted molar refractivity (Wildman–Crippen MR) is 53.2 cm³/mol. The quantitative estimate of drug-likeness (QED) is 0.694. The summed E-state index contributed by atoms with van der Waals surface area (Å²) in [4.78, 5) is 13.0. The van der Waals surface area contributed by atoms with Crippen LogP contribution < -0.4 is 15.4 Å². The Labute approximate surface area is 82.3 Å². The fourth-order valence-corrected chi connectivity index (χ4v) is 1.63. The highest BCUT2D eigenvalue weighted by atomic mass is 16.5. The van der Waals surface area contributed by atoms with Gasteiger partial charge in [-0.25, -0.2) is 0 Å². The number of rotatable bonds is 2. The maximum Gasteiger partial charge on any atom is 0.231 e. The van der Waals surface area contributed by atoms with E-state index in [9.17, 15) is 4.79 Å². The fraction of sp³-hybridized carbons (Fsp3) is 0.300. The Morgan fingerprint density at radius 1 is 1.57 bits per heavy atom. The second-order valence-electron chi connectivity index (χ2n) is 3.23. The molecule has 2 rings (SSSR count). The van der Waals surface area contributed by atoms with Gasteiger partial charge in [0.25, 0.3) is 0 Å². The molecule has 4 nitrogen and oxygen atoms in total. The van der Waals surface area contributed by atoms with Gasteiger partial charge in [0.1, 0.15) is 12.5 Å². The van der Waals surface area contributed by atoms with E-state index in [0.717, 1.165) is 11.3 Å². The Morgan fingerprint density at radius 3 is 3.07 bits per heavy atom. The average molecular weight is 192 g/mol. The van der Waals surface area contributed by atoms with Crippen molar-refractivity contribution in [2.45, 2.75) is 6.42 Å². The van der Waals surface area contributed by atoms with Gasteiger partial charge in [-0.2, -0.15) is 0 Å². The molecular formula is C10H12N2O2. The largest absolute Gasteiger partial charge is 0.479 e. The van der Waals surface area contributed by atoms with E-state index in [1.807, 2.05) is 18.2 Å². The minimum atomic E-state index is 0.116. The Bertz CT molecular complexity index is 376. The van der Waals surface area contributed by atoms with Crippen LogP contribution in [0.3, 0.4) is 0 Å². The Kier molecular flexibility index (Phi) is 2.13. The van der Waals surface area contributed by atoms with Gasteiger partial charge in [-0.15, -0.1) is 0 Å². The van der Waals surface area contributed by atoms with E-state index < -0.39 is 0 Å². The molecule has 0 aromatic heterocycles. The van der Waals surface area contributed by atoms with Gasteiger partial charge in [0.2, 0.25) is 5.91 Å². The number of nitrogens with zero attached hydrogens (tertiary/aromatic N) is 1. The molecule has 14 heavy (non-hydrogen) atoms. The molecule has 1 aromatic rings. The smallest absolute Gasteiger partial charge is 0.231 e. The van der Waals surface area contributed by atoms with Gasteiger partial charge in [0.05, 0.1) is 6.42 Å². The number of carbonyl (C=O) groups is 1. The van der Waals surface area contributed by atoms with Crippen LogP contribution in [0.2, 0.25) is 0 Å². The average Bonchev–Trinajstić information content (AvgIpc) is 2.43. The van der Waals surface area contributed by atoms with Crippen molar-refractivity contribution in [1.29, 1.82) is 0 Å². The number of nitrogens with two attached hydrogens (primary N) is 1. The first kappa shape index (κ1) is 9.02. The van der Waals surface area contributed by atoms with Crippen molar-refractivity contribution in [2.24, 2.45) is 5.73 Å². The molecule has 0 aliphatic carbocycles. The number of fused-ring (bicyclic) bond motifs is 1. The second kappa shape index (κ2) is 3.31. The third kappa shape index (κ3) is 1.33. The summed E-state index contributed by atoms with van der Waals surface area (Å²) in [6, 6.07) is 5.57. The molecule has 1 amide bonds. The Hall–Kier alpha value is -1.55. The number of benzene rings is 1. The molecule has 74 valence electrons. The topological polar surface area (TPSA) is 55.6 Å². The lowest BCUT2D eigenvalue weighted by Gasteiger charge is -2.10. The summed E-state index contributed by atoms with van der Waals surface area (Å²) in [5.41, 5.74) is 7.22. The maximum absolute atomic E-state index is 11.4. The highest BCUT2D eigenvalue weighted by Crippen LogP contribution is 2.30. The zero-order valence-corrected chi connectivity index (χ0v) is 7.99. The minimum absolute atomic E-state index is 0.116. The number of carbonyl (C=O) groups excluding carboxylic acids is 1. The zero-order chi connectivity index (χ0) is 10.1. The van der Waals surface area contributed by atoms with Gasteiger partial charge in [-0.05, 0) is 23.8 Å². The maximum atomic E-state index is 11.4. The molecule has 0 saturated heterocycles. The lowest BCUT2D eigenvalue weighted by Crippen LogP contribution is -2.20. The summed E-state index contributed by atoms with van der Waals surface area (Å²) in [5.74, 6) is 0.833. The molecule has 2 N–H and O–H groups in total. The van der Waals surface area contributed by atoms with Gasteiger partial charge in [-0.3, -0.25) is 10.5 Å². The number of ether oxygens (including phenoxy) is 1. The highest BCUT2D eigenvalue weighted by Gasteiger charge is 2.23. The first-order chi connectivity index (χ1) is 6.72. The Morgan fingerprint density at radius 2 is 2.36 bits per heavy atom. The summed E-state index contributed by atoms with van der Waals surface area (Å²) in [6.07, 6.45) is 0.452. The van der Waals surface area contributed by atoms with Crippen molar-refractivity contribution in [3.63, 3.8) is 0 Å². The second-order valence-corrected chi connectivity index (χ2v) is 3.23. The van der Waals surface area contributed by atoms with Gasteiger partial charge < -0.3 is 9.64 Å². The van der Waals surface area contributed by atoms with Crippen LogP contribution in [0.25, 0.3) is 0 Å². The first-order valence-electron chi connectivity index (χ1n) is 4.44. The lowest BCUT2D eigenvalue weighted by atomic mass is 10.1. The van der Waals surface area contributed by atoms with Gasteiger partial charge in [0.15, 0.2) is 0 Å². The van der Waals surface area contributed by atoms with Gasteiger partial charge >= 0.3 is 0 Å². The number of amides is 1. The minimum Gasteiger partial charge on any atom is -0.479 e. The molecule has 1 aromatic carbocycles. The standard InChI is InChI=1S/C10H12N2O2/c1-12-9-3-2-8(14-6-11)4-7(9)5-10(12)13/h2-4H,5-6,11H2,1H3. The number of likely N-dealkylation sites (N-methyl/N-ethyl adjacent to an activating group) is 1. The van der Waals surface area contributed by atoms with E-state index in [-0.39, 0.29) is 12.6 Å². The molecule has 1 aliphatic heterocycles. The Balaban J connectivity index is 2.34. The highest BCUT2D eigenvalue weighted by molar-refractivity contribution is 6.01. The van der Waals surface area contributed by atoms with Crippen LogP contribution in [0.15, 0.2) is 18.2 Å². The van der Waals surface area contributed by atoms with Crippen molar-refractivity contribution in [1.82, 2.24) is 0 Å². The lowest BCUT2D eigenvalue weighted by molar-refractivity contribution is -0.117. The fourth-order valence-electron chi connectivity index (χ4n) is 1.63. The summed E-state index contributed by atoms with van der Waals surface area (Å²) < 4.78 is 5.15. The van der Waals surface area contributed by atoms with Crippen LogP contribution in [0.4, 0.5) is 5.69 Å². The molecule has 0 bridgehead atoms. The molecule has 0 spiro atoms.